The summed E-state index contributed by atoms with van der Waals surface area (Å²) in [4.78, 5) is 25.7. The van der Waals surface area contributed by atoms with Crippen LogP contribution in [0.15, 0.2) is 42.5 Å². The lowest BCUT2D eigenvalue weighted by Gasteiger charge is -2.18. The fraction of sp³-hybridized carbons (Fsp3) is 0.364. The normalized spacial score (nSPS) is 10.5. The predicted molar refractivity (Wildman–Crippen MR) is 110 cm³/mol. The lowest BCUT2D eigenvalue weighted by molar-refractivity contribution is -0.135. The van der Waals surface area contributed by atoms with Crippen LogP contribution in [0.5, 0.6) is 11.5 Å². The smallest absolute Gasteiger partial charge is 0.260 e. The summed E-state index contributed by atoms with van der Waals surface area (Å²) in [5.74, 6) is 1.24. The van der Waals surface area contributed by atoms with Crippen molar-refractivity contribution in [3.63, 3.8) is 0 Å². The van der Waals surface area contributed by atoms with E-state index in [1.165, 1.54) is 10.5 Å². The highest BCUT2D eigenvalue weighted by atomic mass is 16.5. The van der Waals surface area contributed by atoms with Crippen molar-refractivity contribution >= 4 is 17.5 Å². The number of hydrogen-bond acceptors (Lipinski definition) is 4. The lowest BCUT2D eigenvalue weighted by Crippen LogP contribution is -2.37. The molecule has 2 aromatic rings. The van der Waals surface area contributed by atoms with Gasteiger partial charge in [-0.3, -0.25) is 9.59 Å². The number of likely N-dealkylation sites (N-methyl/N-ethyl adjacent to an activating group) is 1. The van der Waals surface area contributed by atoms with Gasteiger partial charge in [-0.1, -0.05) is 19.9 Å². The number of anilines is 1. The summed E-state index contributed by atoms with van der Waals surface area (Å²) in [6.07, 6.45) is 0. The molecule has 6 nitrogen and oxygen atoms in total. The van der Waals surface area contributed by atoms with E-state index in [0.29, 0.717) is 23.1 Å². The molecule has 2 amide bonds. The van der Waals surface area contributed by atoms with E-state index in [9.17, 15) is 9.59 Å². The first-order valence-corrected chi connectivity index (χ1v) is 9.21. The zero-order valence-corrected chi connectivity index (χ0v) is 17.1. The van der Waals surface area contributed by atoms with Gasteiger partial charge >= 0.3 is 0 Å². The number of nitrogens with zero attached hydrogens (tertiary/aromatic N) is 1. The first kappa shape index (κ1) is 21.3. The van der Waals surface area contributed by atoms with E-state index in [1.54, 1.807) is 38.4 Å². The molecule has 0 bridgehead atoms. The van der Waals surface area contributed by atoms with Crippen molar-refractivity contribution in [2.24, 2.45) is 0 Å². The molecule has 0 saturated heterocycles. The number of hydrogen-bond donors (Lipinski definition) is 1. The third-order valence-electron chi connectivity index (χ3n) is 4.41. The number of methoxy groups -OCH3 is 1. The first-order chi connectivity index (χ1) is 13.3. The standard InChI is InChI=1S/C22H28N2O4/c1-15(2)20-11-10-19(12-16(20)3)28-14-22(26)24(4)13-21(25)23-17-6-8-18(27-5)9-7-17/h6-12,15H,13-14H2,1-5H3,(H,23,25). The van der Waals surface area contributed by atoms with E-state index in [4.69, 9.17) is 9.47 Å². The molecule has 2 rings (SSSR count). The largest absolute Gasteiger partial charge is 0.497 e. The molecule has 0 fully saturated rings. The van der Waals surface area contributed by atoms with Crippen molar-refractivity contribution in [1.29, 1.82) is 0 Å². The Hall–Kier alpha value is -3.02. The Balaban J connectivity index is 1.83. The lowest BCUT2D eigenvalue weighted by atomic mass is 9.98. The maximum atomic E-state index is 12.3. The van der Waals surface area contributed by atoms with E-state index in [1.807, 2.05) is 25.1 Å². The molecule has 28 heavy (non-hydrogen) atoms. The Labute approximate surface area is 166 Å². The van der Waals surface area contributed by atoms with Crippen LogP contribution in [-0.4, -0.2) is 44.0 Å². The quantitative estimate of drug-likeness (QED) is 0.755. The van der Waals surface area contributed by atoms with Crippen LogP contribution >= 0.6 is 0 Å². The summed E-state index contributed by atoms with van der Waals surface area (Å²) in [7, 11) is 3.16. The van der Waals surface area contributed by atoms with Crippen molar-refractivity contribution in [3.05, 3.63) is 53.6 Å². The van der Waals surface area contributed by atoms with Crippen LogP contribution < -0.4 is 14.8 Å². The van der Waals surface area contributed by atoms with Gasteiger partial charge in [0.05, 0.1) is 13.7 Å². The SMILES string of the molecule is COc1ccc(NC(=O)CN(C)C(=O)COc2ccc(C(C)C)c(C)c2)cc1. The monoisotopic (exact) mass is 384 g/mol. The average molecular weight is 384 g/mol. The molecule has 0 spiro atoms. The second kappa shape index (κ2) is 9.78. The van der Waals surface area contributed by atoms with Crippen LogP contribution in [0.4, 0.5) is 5.69 Å². The van der Waals surface area contributed by atoms with Crippen molar-refractivity contribution in [1.82, 2.24) is 4.90 Å². The summed E-state index contributed by atoms with van der Waals surface area (Å²) >= 11 is 0. The number of rotatable bonds is 8. The number of carbonyl (C=O) groups excluding carboxylic acids is 2. The maximum Gasteiger partial charge on any atom is 0.260 e. The van der Waals surface area contributed by atoms with Gasteiger partial charge in [0.2, 0.25) is 5.91 Å². The second-order valence-corrected chi connectivity index (χ2v) is 6.99. The molecule has 0 aromatic heterocycles. The van der Waals surface area contributed by atoms with Crippen LogP contribution in [0.3, 0.4) is 0 Å². The molecular weight excluding hydrogens is 356 g/mol. The molecule has 0 aliphatic rings. The Morgan fingerprint density at radius 2 is 1.71 bits per heavy atom. The van der Waals surface area contributed by atoms with Gasteiger partial charge in [-0.25, -0.2) is 0 Å². The van der Waals surface area contributed by atoms with Gasteiger partial charge in [0.15, 0.2) is 6.61 Å². The van der Waals surface area contributed by atoms with Gasteiger partial charge < -0.3 is 19.7 Å². The summed E-state index contributed by atoms with van der Waals surface area (Å²) in [5.41, 5.74) is 3.03. The van der Waals surface area contributed by atoms with E-state index in [-0.39, 0.29) is 25.0 Å². The average Bonchev–Trinajstić information content (AvgIpc) is 2.66. The topological polar surface area (TPSA) is 67.9 Å². The van der Waals surface area contributed by atoms with Crippen molar-refractivity contribution in [2.75, 3.05) is 32.6 Å². The van der Waals surface area contributed by atoms with Crippen LogP contribution in [0, 0.1) is 6.92 Å². The number of amides is 2. The van der Waals surface area contributed by atoms with E-state index >= 15 is 0 Å². The highest BCUT2D eigenvalue weighted by molar-refractivity contribution is 5.94. The molecule has 0 aliphatic carbocycles. The van der Waals surface area contributed by atoms with Gasteiger partial charge in [-0.05, 0) is 60.4 Å². The Bertz CT molecular complexity index is 816. The van der Waals surface area contributed by atoms with E-state index in [0.717, 1.165) is 5.56 Å². The molecule has 0 heterocycles. The molecule has 150 valence electrons. The zero-order chi connectivity index (χ0) is 20.7. The Morgan fingerprint density at radius 3 is 2.29 bits per heavy atom. The predicted octanol–water partition coefficient (Wildman–Crippen LogP) is 3.60. The Morgan fingerprint density at radius 1 is 1.07 bits per heavy atom. The van der Waals surface area contributed by atoms with E-state index in [2.05, 4.69) is 19.2 Å². The minimum atomic E-state index is -0.279. The molecule has 0 saturated carbocycles. The van der Waals surface area contributed by atoms with Gasteiger partial charge in [-0.15, -0.1) is 0 Å². The van der Waals surface area contributed by atoms with Gasteiger partial charge in [0, 0.05) is 12.7 Å². The molecule has 1 N–H and O–H groups in total. The highest BCUT2D eigenvalue weighted by Gasteiger charge is 2.14. The van der Waals surface area contributed by atoms with Crippen LogP contribution in [0.2, 0.25) is 0 Å². The molecule has 2 aromatic carbocycles. The van der Waals surface area contributed by atoms with Crippen LogP contribution in [0.1, 0.15) is 30.9 Å². The minimum absolute atomic E-state index is 0.0560. The number of ether oxygens (including phenoxy) is 2. The van der Waals surface area contributed by atoms with Crippen molar-refractivity contribution < 1.29 is 19.1 Å². The summed E-state index contributed by atoms with van der Waals surface area (Å²) in [6.45, 7) is 6.13. The third kappa shape index (κ3) is 6.01. The van der Waals surface area contributed by atoms with Gasteiger partial charge in [0.25, 0.3) is 5.91 Å². The number of benzene rings is 2. The molecule has 0 atom stereocenters. The number of aryl methyl sites for hydroxylation is 1. The van der Waals surface area contributed by atoms with E-state index < -0.39 is 0 Å². The summed E-state index contributed by atoms with van der Waals surface area (Å²) in [5, 5.41) is 2.75. The molecule has 0 aliphatic heterocycles. The maximum absolute atomic E-state index is 12.3. The minimum Gasteiger partial charge on any atom is -0.497 e. The van der Waals surface area contributed by atoms with Crippen molar-refractivity contribution in [2.45, 2.75) is 26.7 Å². The summed E-state index contributed by atoms with van der Waals surface area (Å²) < 4.78 is 10.7. The Kier molecular flexibility index (Phi) is 7.44. The highest BCUT2D eigenvalue weighted by Crippen LogP contribution is 2.23. The fourth-order valence-electron chi connectivity index (χ4n) is 2.82. The molecular formula is C22H28N2O4. The summed E-state index contributed by atoms with van der Waals surface area (Å²) in [6, 6.07) is 12.8. The van der Waals surface area contributed by atoms with Gasteiger partial charge in [0.1, 0.15) is 11.5 Å². The molecule has 0 radical (unpaired) electrons. The zero-order valence-electron chi connectivity index (χ0n) is 17.1. The molecule has 6 heteroatoms. The van der Waals surface area contributed by atoms with Crippen LogP contribution in [0.25, 0.3) is 0 Å². The third-order valence-corrected chi connectivity index (χ3v) is 4.41. The van der Waals surface area contributed by atoms with Gasteiger partial charge in [-0.2, -0.15) is 0 Å². The number of carbonyl (C=O) groups is 2. The number of nitrogens with one attached hydrogen (secondary N) is 1. The first-order valence-electron chi connectivity index (χ1n) is 9.21. The van der Waals surface area contributed by atoms with Crippen LogP contribution in [-0.2, 0) is 9.59 Å². The second-order valence-electron chi connectivity index (χ2n) is 6.99. The van der Waals surface area contributed by atoms with Crippen molar-refractivity contribution in [3.8, 4) is 11.5 Å². The fourth-order valence-corrected chi connectivity index (χ4v) is 2.82. The molecule has 0 unspecified atom stereocenters.